The number of phenols is 1. The lowest BCUT2D eigenvalue weighted by molar-refractivity contribution is -0.140. The van der Waals surface area contributed by atoms with Crippen LogP contribution in [0.1, 0.15) is 60.4 Å². The summed E-state index contributed by atoms with van der Waals surface area (Å²) in [5.74, 6) is 0.116. The molecule has 0 bridgehead atoms. The van der Waals surface area contributed by atoms with E-state index in [0.29, 0.717) is 25.1 Å². The third-order valence-electron chi connectivity index (χ3n) is 7.73. The van der Waals surface area contributed by atoms with Crippen molar-refractivity contribution in [3.05, 3.63) is 52.1 Å². The summed E-state index contributed by atoms with van der Waals surface area (Å²) in [6, 6.07) is 7.73. The van der Waals surface area contributed by atoms with Crippen LogP contribution in [0, 0.1) is 20.8 Å². The molecule has 194 valence electrons. The van der Waals surface area contributed by atoms with Crippen molar-refractivity contribution in [2.45, 2.75) is 72.4 Å². The molecule has 7 nitrogen and oxygen atoms in total. The lowest BCUT2D eigenvalue weighted by atomic mass is 9.92. The number of phenolic OH excluding ortho intramolecular Hbond substituents is 1. The van der Waals surface area contributed by atoms with E-state index in [0.717, 1.165) is 73.3 Å². The van der Waals surface area contributed by atoms with Gasteiger partial charge in [0, 0.05) is 56.9 Å². The predicted molar refractivity (Wildman–Crippen MR) is 145 cm³/mol. The number of carbonyl (C=O) groups excluding carboxylic acids is 2. The molecule has 0 radical (unpaired) electrons. The SMILES string of the molecule is CCCCCC(=O)N1Cc2cc(N3CCNCC3)ccc2C[C@H]1C(=O)Nc1cc(C)c(O)c(C)c1C. The molecule has 2 heterocycles. The summed E-state index contributed by atoms with van der Waals surface area (Å²) >= 11 is 0. The Bertz CT molecular complexity index is 1120. The number of aryl methyl sites for hydroxylation is 1. The topological polar surface area (TPSA) is 84.9 Å². The Kier molecular flexibility index (Phi) is 8.19. The number of unbranched alkanes of at least 4 members (excludes halogenated alkanes) is 2. The normalized spacial score (nSPS) is 17.6. The minimum absolute atomic E-state index is 0.0385. The predicted octanol–water partition coefficient (Wildman–Crippen LogP) is 4.20. The number of hydrogen-bond donors (Lipinski definition) is 3. The van der Waals surface area contributed by atoms with Crippen molar-refractivity contribution < 1.29 is 14.7 Å². The summed E-state index contributed by atoms with van der Waals surface area (Å²) in [7, 11) is 0. The van der Waals surface area contributed by atoms with E-state index in [1.54, 1.807) is 11.0 Å². The monoisotopic (exact) mass is 492 g/mol. The van der Waals surface area contributed by atoms with Crippen molar-refractivity contribution in [2.24, 2.45) is 0 Å². The maximum Gasteiger partial charge on any atom is 0.247 e. The van der Waals surface area contributed by atoms with E-state index < -0.39 is 6.04 Å². The van der Waals surface area contributed by atoms with Gasteiger partial charge in [0.25, 0.3) is 0 Å². The van der Waals surface area contributed by atoms with E-state index in [-0.39, 0.29) is 17.6 Å². The van der Waals surface area contributed by atoms with Gasteiger partial charge in [0.1, 0.15) is 11.8 Å². The number of benzene rings is 2. The van der Waals surface area contributed by atoms with Gasteiger partial charge in [0.05, 0.1) is 0 Å². The van der Waals surface area contributed by atoms with Gasteiger partial charge in [-0.05, 0) is 73.2 Å². The molecule has 0 saturated carbocycles. The highest BCUT2D eigenvalue weighted by Crippen LogP contribution is 2.32. The Morgan fingerprint density at radius 1 is 1.06 bits per heavy atom. The lowest BCUT2D eigenvalue weighted by Crippen LogP contribution is -2.50. The zero-order valence-corrected chi connectivity index (χ0v) is 22.1. The van der Waals surface area contributed by atoms with E-state index in [9.17, 15) is 14.7 Å². The lowest BCUT2D eigenvalue weighted by Gasteiger charge is -2.37. The molecule has 2 amide bonds. The van der Waals surface area contributed by atoms with Gasteiger partial charge >= 0.3 is 0 Å². The largest absolute Gasteiger partial charge is 0.507 e. The first kappa shape index (κ1) is 26.0. The molecular formula is C29H40N4O3. The second kappa shape index (κ2) is 11.3. The van der Waals surface area contributed by atoms with Gasteiger partial charge < -0.3 is 25.5 Å². The van der Waals surface area contributed by atoms with Crippen LogP contribution in [-0.2, 0) is 22.6 Å². The summed E-state index contributed by atoms with van der Waals surface area (Å²) in [4.78, 5) is 31.1. The number of piperazine rings is 1. The first-order chi connectivity index (χ1) is 17.3. The first-order valence-electron chi connectivity index (χ1n) is 13.3. The van der Waals surface area contributed by atoms with E-state index in [1.807, 2.05) is 20.8 Å². The molecule has 0 spiro atoms. The van der Waals surface area contributed by atoms with Crippen LogP contribution in [-0.4, -0.2) is 54.0 Å². The second-order valence-electron chi connectivity index (χ2n) is 10.2. The smallest absolute Gasteiger partial charge is 0.247 e. The highest BCUT2D eigenvalue weighted by Gasteiger charge is 2.35. The number of fused-ring (bicyclic) bond motifs is 1. The molecule has 7 heteroatoms. The number of nitrogens with one attached hydrogen (secondary N) is 2. The average molecular weight is 493 g/mol. The number of rotatable bonds is 7. The molecule has 2 aromatic carbocycles. The zero-order valence-electron chi connectivity index (χ0n) is 22.1. The third-order valence-corrected chi connectivity index (χ3v) is 7.73. The fourth-order valence-corrected chi connectivity index (χ4v) is 5.27. The molecule has 36 heavy (non-hydrogen) atoms. The highest BCUT2D eigenvalue weighted by molar-refractivity contribution is 5.98. The Balaban J connectivity index is 1.60. The minimum atomic E-state index is -0.564. The average Bonchev–Trinajstić information content (AvgIpc) is 2.90. The van der Waals surface area contributed by atoms with Crippen LogP contribution in [0.25, 0.3) is 0 Å². The van der Waals surface area contributed by atoms with Gasteiger partial charge in [0.15, 0.2) is 0 Å². The zero-order chi connectivity index (χ0) is 25.8. The van der Waals surface area contributed by atoms with Crippen molar-refractivity contribution in [1.82, 2.24) is 10.2 Å². The maximum absolute atomic E-state index is 13.6. The number of carbonyl (C=O) groups is 2. The summed E-state index contributed by atoms with van der Waals surface area (Å²) < 4.78 is 0. The molecule has 0 aromatic heterocycles. The molecule has 1 saturated heterocycles. The fourth-order valence-electron chi connectivity index (χ4n) is 5.27. The standard InChI is InChI=1S/C29H40N4O3/c1-5-6-7-8-27(34)33-18-23-16-24(32-13-11-30-12-14-32)10-9-22(23)17-26(33)29(36)31-25-15-19(2)28(35)21(4)20(25)3/h9-10,15-16,26,30,35H,5-8,11-14,17-18H2,1-4H3,(H,31,36)/t26-/m0/s1. The van der Waals surface area contributed by atoms with Crippen molar-refractivity contribution in [3.63, 3.8) is 0 Å². The molecule has 2 aromatic rings. The van der Waals surface area contributed by atoms with E-state index in [4.69, 9.17) is 0 Å². The molecule has 1 atom stereocenters. The Labute approximate surface area is 214 Å². The van der Waals surface area contributed by atoms with Crippen LogP contribution in [0.4, 0.5) is 11.4 Å². The van der Waals surface area contributed by atoms with Gasteiger partial charge in [-0.15, -0.1) is 0 Å². The van der Waals surface area contributed by atoms with Gasteiger partial charge in [0.2, 0.25) is 11.8 Å². The summed E-state index contributed by atoms with van der Waals surface area (Å²) in [5, 5.41) is 16.7. The van der Waals surface area contributed by atoms with Crippen LogP contribution in [0.2, 0.25) is 0 Å². The molecule has 2 aliphatic heterocycles. The molecule has 2 aliphatic rings. The van der Waals surface area contributed by atoms with Crippen LogP contribution >= 0.6 is 0 Å². The maximum atomic E-state index is 13.6. The van der Waals surface area contributed by atoms with Crippen LogP contribution in [0.3, 0.4) is 0 Å². The summed E-state index contributed by atoms with van der Waals surface area (Å²) in [6.45, 7) is 12.0. The van der Waals surface area contributed by atoms with Crippen molar-refractivity contribution in [2.75, 3.05) is 36.4 Å². The number of hydrogen-bond acceptors (Lipinski definition) is 5. The molecule has 0 aliphatic carbocycles. The van der Waals surface area contributed by atoms with Gasteiger partial charge in [-0.1, -0.05) is 25.8 Å². The summed E-state index contributed by atoms with van der Waals surface area (Å²) in [6.07, 6.45) is 3.85. The Morgan fingerprint density at radius 2 is 1.81 bits per heavy atom. The molecule has 3 N–H and O–H groups in total. The first-order valence-corrected chi connectivity index (χ1v) is 13.3. The fraction of sp³-hybridized carbons (Fsp3) is 0.517. The number of nitrogens with zero attached hydrogens (tertiary/aromatic N) is 2. The summed E-state index contributed by atoms with van der Waals surface area (Å²) in [5.41, 5.74) is 6.44. The van der Waals surface area contributed by atoms with Gasteiger partial charge in [-0.25, -0.2) is 0 Å². The molecular weight excluding hydrogens is 452 g/mol. The molecule has 4 rings (SSSR count). The molecule has 1 fully saturated rings. The third kappa shape index (κ3) is 5.51. The van der Waals surface area contributed by atoms with Crippen LogP contribution in [0.5, 0.6) is 5.75 Å². The van der Waals surface area contributed by atoms with Crippen molar-refractivity contribution >= 4 is 23.2 Å². The quantitative estimate of drug-likeness (QED) is 0.399. The number of anilines is 2. The second-order valence-corrected chi connectivity index (χ2v) is 10.2. The van der Waals surface area contributed by atoms with Crippen molar-refractivity contribution in [3.8, 4) is 5.75 Å². The van der Waals surface area contributed by atoms with Crippen LogP contribution in [0.15, 0.2) is 24.3 Å². The minimum Gasteiger partial charge on any atom is -0.507 e. The van der Waals surface area contributed by atoms with Crippen LogP contribution < -0.4 is 15.5 Å². The van der Waals surface area contributed by atoms with E-state index >= 15 is 0 Å². The number of amides is 2. The Hall–Kier alpha value is -3.06. The molecule has 0 unspecified atom stereocenters. The van der Waals surface area contributed by atoms with E-state index in [2.05, 4.69) is 40.7 Å². The van der Waals surface area contributed by atoms with E-state index in [1.165, 1.54) is 5.69 Å². The Morgan fingerprint density at radius 3 is 2.53 bits per heavy atom. The van der Waals surface area contributed by atoms with Gasteiger partial charge in [-0.2, -0.15) is 0 Å². The van der Waals surface area contributed by atoms with Gasteiger partial charge in [-0.3, -0.25) is 9.59 Å². The highest BCUT2D eigenvalue weighted by atomic mass is 16.3. The van der Waals surface area contributed by atoms with Crippen molar-refractivity contribution in [1.29, 1.82) is 0 Å². The number of aromatic hydroxyl groups is 1.